The van der Waals surface area contributed by atoms with E-state index in [1.54, 1.807) is 0 Å². The fourth-order valence-electron chi connectivity index (χ4n) is 2.98. The first kappa shape index (κ1) is 29.5. The Bertz CT molecular complexity index is 1030. The Morgan fingerprint density at radius 2 is 1.46 bits per heavy atom. The molecule has 2 atom stereocenters. The molecule has 0 radical (unpaired) electrons. The smallest absolute Gasteiger partial charge is 0.374 e. The van der Waals surface area contributed by atoms with E-state index in [1.165, 1.54) is 12.1 Å². The number of aliphatic hydroxyl groups excluding tert-OH is 2. The minimum absolute atomic E-state index is 0.128. The van der Waals surface area contributed by atoms with Crippen molar-refractivity contribution in [1.82, 2.24) is 5.32 Å². The molecule has 0 amide bonds. The summed E-state index contributed by atoms with van der Waals surface area (Å²) in [6.07, 6.45) is -1.68. The molecule has 37 heavy (non-hydrogen) atoms. The van der Waals surface area contributed by atoms with Crippen molar-refractivity contribution in [3.63, 3.8) is 0 Å². The highest BCUT2D eigenvalue weighted by Gasteiger charge is 2.21. The van der Waals surface area contributed by atoms with Gasteiger partial charge in [0.25, 0.3) is 0 Å². The maximum atomic E-state index is 12.1. The van der Waals surface area contributed by atoms with Crippen LogP contribution in [0.15, 0.2) is 40.8 Å². The number of esters is 4. The van der Waals surface area contributed by atoms with Crippen LogP contribution in [-0.2, 0) is 41.5 Å². The summed E-state index contributed by atoms with van der Waals surface area (Å²) in [5.41, 5.74) is 2.11. The van der Waals surface area contributed by atoms with E-state index in [9.17, 15) is 24.3 Å². The summed E-state index contributed by atoms with van der Waals surface area (Å²) in [6, 6.07) is 10.2. The highest BCUT2D eigenvalue weighted by molar-refractivity contribution is 5.90. The number of nitrogens with one attached hydrogen (secondary N) is 1. The van der Waals surface area contributed by atoms with Gasteiger partial charge in [-0.3, -0.25) is 9.59 Å². The zero-order chi connectivity index (χ0) is 27.2. The number of carbonyl (C=O) groups is 4. The molecule has 0 bridgehead atoms. The Kier molecular flexibility index (Phi) is 12.3. The fourth-order valence-corrected chi connectivity index (χ4v) is 2.98. The van der Waals surface area contributed by atoms with Crippen LogP contribution in [0.2, 0.25) is 0 Å². The second-order valence-electron chi connectivity index (χ2n) is 7.96. The first-order chi connectivity index (χ1) is 17.7. The van der Waals surface area contributed by atoms with Crippen LogP contribution in [0.3, 0.4) is 0 Å². The minimum Gasteiger partial charge on any atom is -0.463 e. The number of ether oxygens (including phenoxy) is 4. The molecule has 0 saturated carbocycles. The lowest BCUT2D eigenvalue weighted by Gasteiger charge is -2.13. The zero-order valence-corrected chi connectivity index (χ0v) is 20.6. The van der Waals surface area contributed by atoms with E-state index in [1.807, 2.05) is 31.3 Å². The zero-order valence-electron chi connectivity index (χ0n) is 20.6. The normalized spacial score (nSPS) is 12.3. The van der Waals surface area contributed by atoms with E-state index in [0.29, 0.717) is 6.42 Å². The van der Waals surface area contributed by atoms with Crippen molar-refractivity contribution >= 4 is 23.9 Å². The third kappa shape index (κ3) is 10.8. The largest absolute Gasteiger partial charge is 0.463 e. The third-order valence-corrected chi connectivity index (χ3v) is 4.81. The van der Waals surface area contributed by atoms with Gasteiger partial charge in [-0.1, -0.05) is 24.3 Å². The first-order valence-electron chi connectivity index (χ1n) is 11.5. The molecule has 0 aliphatic rings. The summed E-state index contributed by atoms with van der Waals surface area (Å²) in [7, 11) is 1.86. The van der Waals surface area contributed by atoms with Gasteiger partial charge >= 0.3 is 23.9 Å². The number of benzene rings is 1. The molecule has 2 unspecified atom stereocenters. The topological polar surface area (TPSA) is 171 Å². The van der Waals surface area contributed by atoms with Crippen LogP contribution in [-0.4, -0.2) is 79.8 Å². The molecule has 202 valence electrons. The quantitative estimate of drug-likeness (QED) is 0.222. The molecule has 1 aromatic heterocycles. The highest BCUT2D eigenvalue weighted by atomic mass is 16.6. The van der Waals surface area contributed by atoms with Gasteiger partial charge in [0.05, 0.1) is 6.61 Å². The standard InChI is InChI=1S/C25H31NO11/c1-16(28)36-20(12-27)15-35-25(32)22-9-8-21(37-22)24(31)34-14-19(29)13-33-23(30)10-7-17-3-5-18(6-4-17)11-26-2/h3-6,8-9,19-20,26-27,29H,7,10-15H2,1-2H3. The number of aryl methyl sites for hydroxylation is 1. The van der Waals surface area contributed by atoms with E-state index in [-0.39, 0.29) is 24.5 Å². The Balaban J connectivity index is 1.68. The number of carbonyl (C=O) groups excluding carboxylic acids is 4. The van der Waals surface area contributed by atoms with Crippen molar-refractivity contribution < 1.29 is 52.8 Å². The van der Waals surface area contributed by atoms with Crippen molar-refractivity contribution in [3.05, 3.63) is 59.0 Å². The van der Waals surface area contributed by atoms with E-state index < -0.39 is 55.9 Å². The van der Waals surface area contributed by atoms with Crippen LogP contribution in [0, 0.1) is 0 Å². The van der Waals surface area contributed by atoms with Gasteiger partial charge in [-0.2, -0.15) is 0 Å². The number of rotatable bonds is 15. The van der Waals surface area contributed by atoms with Crippen LogP contribution in [0.5, 0.6) is 0 Å². The van der Waals surface area contributed by atoms with Crippen LogP contribution < -0.4 is 5.32 Å². The second kappa shape index (κ2) is 15.4. The van der Waals surface area contributed by atoms with E-state index in [4.69, 9.17) is 28.5 Å². The molecule has 12 nitrogen and oxygen atoms in total. The van der Waals surface area contributed by atoms with Gasteiger partial charge in [-0.15, -0.1) is 0 Å². The van der Waals surface area contributed by atoms with Crippen molar-refractivity contribution in [3.8, 4) is 0 Å². The Morgan fingerprint density at radius 3 is 2.03 bits per heavy atom. The molecular weight excluding hydrogens is 490 g/mol. The summed E-state index contributed by atoms with van der Waals surface area (Å²) in [4.78, 5) is 47.0. The molecule has 0 fully saturated rings. The molecule has 1 heterocycles. The number of furan rings is 1. The predicted molar refractivity (Wildman–Crippen MR) is 126 cm³/mol. The fraction of sp³-hybridized carbons (Fsp3) is 0.440. The van der Waals surface area contributed by atoms with Crippen LogP contribution in [0.25, 0.3) is 0 Å². The third-order valence-electron chi connectivity index (χ3n) is 4.81. The average molecular weight is 522 g/mol. The SMILES string of the molecule is CNCc1ccc(CCC(=O)OCC(O)COC(=O)c2ccc(C(=O)OCC(CO)OC(C)=O)o2)cc1. The van der Waals surface area contributed by atoms with Gasteiger partial charge < -0.3 is 38.9 Å². The Labute approximate surface area is 213 Å². The van der Waals surface area contributed by atoms with Crippen LogP contribution in [0.1, 0.15) is 45.6 Å². The first-order valence-corrected chi connectivity index (χ1v) is 11.5. The molecule has 2 rings (SSSR count). The maximum Gasteiger partial charge on any atom is 0.374 e. The molecule has 1 aromatic carbocycles. The predicted octanol–water partition coefficient (Wildman–Crippen LogP) is 0.774. The average Bonchev–Trinajstić information content (AvgIpc) is 3.38. The van der Waals surface area contributed by atoms with E-state index in [0.717, 1.165) is 24.6 Å². The van der Waals surface area contributed by atoms with Gasteiger partial charge in [0.2, 0.25) is 11.5 Å². The summed E-state index contributed by atoms with van der Waals surface area (Å²) in [5.74, 6) is -3.71. The van der Waals surface area contributed by atoms with E-state index in [2.05, 4.69) is 5.32 Å². The van der Waals surface area contributed by atoms with E-state index >= 15 is 0 Å². The molecule has 0 spiro atoms. The van der Waals surface area contributed by atoms with Gasteiger partial charge in [0.1, 0.15) is 25.9 Å². The molecule has 3 N–H and O–H groups in total. The molecule has 2 aromatic rings. The highest BCUT2D eigenvalue weighted by Crippen LogP contribution is 2.12. The molecule has 0 saturated heterocycles. The van der Waals surface area contributed by atoms with Gasteiger partial charge in [-0.05, 0) is 36.7 Å². The van der Waals surface area contributed by atoms with Gasteiger partial charge in [0, 0.05) is 19.9 Å². The van der Waals surface area contributed by atoms with Gasteiger partial charge in [-0.25, -0.2) is 9.59 Å². The Morgan fingerprint density at radius 1 is 0.892 bits per heavy atom. The Hall–Kier alpha value is -3.74. The molecule has 0 aliphatic carbocycles. The lowest BCUT2D eigenvalue weighted by Crippen LogP contribution is -2.27. The minimum atomic E-state index is -1.26. The lowest BCUT2D eigenvalue weighted by atomic mass is 10.1. The lowest BCUT2D eigenvalue weighted by molar-refractivity contribution is -0.151. The maximum absolute atomic E-state index is 12.1. The second-order valence-corrected chi connectivity index (χ2v) is 7.96. The van der Waals surface area contributed by atoms with Crippen LogP contribution in [0.4, 0.5) is 0 Å². The monoisotopic (exact) mass is 521 g/mol. The van der Waals surface area contributed by atoms with Crippen molar-refractivity contribution in [1.29, 1.82) is 0 Å². The molecule has 12 heteroatoms. The van der Waals surface area contributed by atoms with Crippen molar-refractivity contribution in [2.24, 2.45) is 0 Å². The summed E-state index contributed by atoms with van der Waals surface area (Å²) < 4.78 is 24.6. The summed E-state index contributed by atoms with van der Waals surface area (Å²) in [6.45, 7) is 0.0949. The molecular formula is C25H31NO11. The van der Waals surface area contributed by atoms with Crippen LogP contribution >= 0.6 is 0 Å². The number of aliphatic hydroxyl groups is 2. The van der Waals surface area contributed by atoms with Crippen molar-refractivity contribution in [2.45, 2.75) is 38.5 Å². The number of hydrogen-bond donors (Lipinski definition) is 3. The summed E-state index contributed by atoms with van der Waals surface area (Å²) in [5, 5.41) is 22.1. The number of hydrogen-bond acceptors (Lipinski definition) is 12. The molecule has 0 aliphatic heterocycles. The van der Waals surface area contributed by atoms with Crippen molar-refractivity contribution in [2.75, 3.05) is 33.5 Å². The summed E-state index contributed by atoms with van der Waals surface area (Å²) >= 11 is 0. The van der Waals surface area contributed by atoms with Gasteiger partial charge in [0.15, 0.2) is 6.10 Å².